The van der Waals surface area contributed by atoms with E-state index < -0.39 is 47.0 Å². The number of fused-ring (bicyclic) bond motifs is 1. The zero-order valence-electron chi connectivity index (χ0n) is 25.5. The predicted molar refractivity (Wildman–Crippen MR) is 149 cm³/mol. The number of methoxy groups -OCH3 is 1. The van der Waals surface area contributed by atoms with E-state index in [9.17, 15) is 35.9 Å². The fourth-order valence-electron chi connectivity index (χ4n) is 5.62. The smallest absolute Gasteiger partial charge is 0.487 e. The molecule has 2 heterocycles. The van der Waals surface area contributed by atoms with E-state index in [0.717, 1.165) is 12.1 Å². The summed E-state index contributed by atoms with van der Waals surface area (Å²) >= 11 is 0. The summed E-state index contributed by atoms with van der Waals surface area (Å²) in [5.41, 5.74) is 4.56. The zero-order valence-corrected chi connectivity index (χ0v) is 25.5. The zero-order chi connectivity index (χ0) is 34.1. The molecule has 0 aromatic heterocycles. The summed E-state index contributed by atoms with van der Waals surface area (Å²) in [7, 11) is 1.57. The normalized spacial score (nSPS) is 26.4. The molecule has 4 rings (SSSR count). The molecule has 252 valence electrons. The molecule has 0 bridgehead atoms. The van der Waals surface area contributed by atoms with Crippen molar-refractivity contribution in [3.8, 4) is 5.75 Å². The third-order valence-corrected chi connectivity index (χ3v) is 8.17. The number of nitrogens with zero attached hydrogens (tertiary/aromatic N) is 2. The van der Waals surface area contributed by atoms with Gasteiger partial charge in [0.05, 0.1) is 23.6 Å². The van der Waals surface area contributed by atoms with Gasteiger partial charge in [-0.1, -0.05) is 6.92 Å². The lowest BCUT2D eigenvalue weighted by Gasteiger charge is -2.39. The van der Waals surface area contributed by atoms with Gasteiger partial charge in [0, 0.05) is 37.7 Å². The molecule has 4 N–H and O–H groups in total. The number of rotatable bonds is 8. The number of ether oxygens (including phenoxy) is 2. The van der Waals surface area contributed by atoms with E-state index in [-0.39, 0.29) is 36.2 Å². The van der Waals surface area contributed by atoms with Gasteiger partial charge in [-0.3, -0.25) is 14.5 Å². The van der Waals surface area contributed by atoms with E-state index >= 15 is 0 Å². The average Bonchev–Trinajstić information content (AvgIpc) is 3.69. The number of carbonyl (C=O) groups is 3. The monoisotopic (exact) mass is 652 g/mol. The minimum absolute atomic E-state index is 0.131. The molecule has 5 atom stereocenters. The number of carboxylic acids is 1. The maximum absolute atomic E-state index is 13.4. The number of amides is 2. The van der Waals surface area contributed by atoms with Crippen molar-refractivity contribution in [2.24, 2.45) is 22.6 Å². The van der Waals surface area contributed by atoms with E-state index in [0.29, 0.717) is 43.6 Å². The molecule has 10 nitrogen and oxygen atoms in total. The van der Waals surface area contributed by atoms with Gasteiger partial charge < -0.3 is 25.6 Å². The van der Waals surface area contributed by atoms with Crippen molar-refractivity contribution in [3.05, 3.63) is 29.3 Å². The van der Waals surface area contributed by atoms with Gasteiger partial charge in [0.25, 0.3) is 0 Å². The minimum Gasteiger partial charge on any atom is -0.487 e. The van der Waals surface area contributed by atoms with Crippen molar-refractivity contribution in [1.82, 2.24) is 10.2 Å². The molecule has 1 saturated carbocycles. The second-order valence-electron chi connectivity index (χ2n) is 12.3. The molecule has 1 aromatic carbocycles. The Morgan fingerprint density at radius 2 is 1.84 bits per heavy atom. The van der Waals surface area contributed by atoms with E-state index in [4.69, 9.17) is 25.1 Å². The standard InChI is InChI=1S/C27H37F3N4O4.C2HF3O2/c1-6-26(4)14-22(35)34(24(31)33-26)20(9-10-37-5)16-12-17(16)23(36)32-19-13-25(2,3)38-21-8-7-15(11-18(19)21)27(28,29)30;3-2(4,5)1(6)7/h7-8,11,16-17,19-20H,6,9-10,12-14H2,1-5H3,(H2,31,33)(H,32,36);(H,6,7)/t16-,17-,19?,20-,26-;/m1./s1. The van der Waals surface area contributed by atoms with Gasteiger partial charge in [-0.15, -0.1) is 0 Å². The van der Waals surface area contributed by atoms with Crippen molar-refractivity contribution < 1.29 is 55.3 Å². The van der Waals surface area contributed by atoms with Crippen LogP contribution in [0.5, 0.6) is 5.75 Å². The van der Waals surface area contributed by atoms with Gasteiger partial charge in [-0.05, 0) is 64.2 Å². The van der Waals surface area contributed by atoms with E-state index in [1.54, 1.807) is 7.11 Å². The molecule has 1 unspecified atom stereocenters. The van der Waals surface area contributed by atoms with E-state index in [1.165, 1.54) is 11.0 Å². The molecule has 2 aliphatic heterocycles. The lowest BCUT2D eigenvalue weighted by Crippen LogP contribution is -2.56. The Morgan fingerprint density at radius 3 is 2.36 bits per heavy atom. The van der Waals surface area contributed by atoms with Crippen LogP contribution in [0.4, 0.5) is 26.3 Å². The quantitative estimate of drug-likeness (QED) is 0.342. The van der Waals surface area contributed by atoms with Crippen molar-refractivity contribution in [2.45, 2.75) is 95.4 Å². The number of alkyl halides is 6. The largest absolute Gasteiger partial charge is 0.490 e. The van der Waals surface area contributed by atoms with Gasteiger partial charge in [-0.2, -0.15) is 26.3 Å². The average molecular weight is 653 g/mol. The number of hydrogen-bond acceptors (Lipinski definition) is 7. The summed E-state index contributed by atoms with van der Waals surface area (Å²) in [6.45, 7) is 7.89. The van der Waals surface area contributed by atoms with Crippen LogP contribution in [0, 0.1) is 11.8 Å². The third kappa shape index (κ3) is 8.79. The number of carbonyl (C=O) groups excluding carboxylic acids is 2. The van der Waals surface area contributed by atoms with Gasteiger partial charge in [-0.25, -0.2) is 9.79 Å². The molecular weight excluding hydrogens is 614 g/mol. The maximum atomic E-state index is 13.4. The highest BCUT2D eigenvalue weighted by molar-refractivity contribution is 5.99. The molecule has 1 aliphatic carbocycles. The first-order chi connectivity index (χ1) is 20.6. The van der Waals surface area contributed by atoms with Crippen LogP contribution in [-0.4, -0.2) is 70.8 Å². The Morgan fingerprint density at radius 1 is 1.22 bits per heavy atom. The van der Waals surface area contributed by atoms with Crippen LogP contribution in [0.3, 0.4) is 0 Å². The highest BCUT2D eigenvalue weighted by atomic mass is 19.4. The second-order valence-corrected chi connectivity index (χ2v) is 12.3. The van der Waals surface area contributed by atoms with Gasteiger partial charge >= 0.3 is 18.3 Å². The van der Waals surface area contributed by atoms with Crippen LogP contribution in [0.15, 0.2) is 23.2 Å². The lowest BCUT2D eigenvalue weighted by atomic mass is 9.88. The number of nitrogens with two attached hydrogens (primary N) is 1. The number of halogens is 6. The topological polar surface area (TPSA) is 144 Å². The summed E-state index contributed by atoms with van der Waals surface area (Å²) in [6.07, 6.45) is -7.36. The number of aliphatic carboxylic acids is 1. The Kier molecular flexibility index (Phi) is 10.4. The molecule has 1 aromatic rings. The summed E-state index contributed by atoms with van der Waals surface area (Å²) in [6, 6.07) is 2.35. The second kappa shape index (κ2) is 13.0. The number of hydrogen-bond donors (Lipinski definition) is 3. The van der Waals surface area contributed by atoms with Crippen molar-refractivity contribution in [2.75, 3.05) is 13.7 Å². The van der Waals surface area contributed by atoms with Crippen molar-refractivity contribution in [3.63, 3.8) is 0 Å². The van der Waals surface area contributed by atoms with Crippen LogP contribution in [0.2, 0.25) is 0 Å². The predicted octanol–water partition coefficient (Wildman–Crippen LogP) is 4.81. The summed E-state index contributed by atoms with van der Waals surface area (Å²) in [4.78, 5) is 41.5. The molecule has 3 aliphatic rings. The van der Waals surface area contributed by atoms with Crippen LogP contribution in [0.1, 0.15) is 77.0 Å². The summed E-state index contributed by atoms with van der Waals surface area (Å²) in [5.74, 6) is -3.24. The molecule has 0 radical (unpaired) electrons. The molecule has 0 spiro atoms. The van der Waals surface area contributed by atoms with Gasteiger partial charge in [0.1, 0.15) is 11.4 Å². The number of aliphatic imine (C=N–C) groups is 1. The van der Waals surface area contributed by atoms with Gasteiger partial charge in [0.15, 0.2) is 5.96 Å². The van der Waals surface area contributed by atoms with E-state index in [1.807, 2.05) is 27.7 Å². The fraction of sp³-hybridized carbons (Fsp3) is 0.655. The summed E-state index contributed by atoms with van der Waals surface area (Å²) < 4.78 is 83.1. The van der Waals surface area contributed by atoms with Crippen LogP contribution in [-0.2, 0) is 25.3 Å². The number of benzene rings is 1. The van der Waals surface area contributed by atoms with E-state index in [2.05, 4.69) is 10.3 Å². The van der Waals surface area contributed by atoms with Crippen molar-refractivity contribution >= 4 is 23.7 Å². The van der Waals surface area contributed by atoms with Crippen LogP contribution < -0.4 is 15.8 Å². The first-order valence-corrected chi connectivity index (χ1v) is 14.3. The van der Waals surface area contributed by atoms with Crippen LogP contribution in [0.25, 0.3) is 0 Å². The Labute approximate surface area is 256 Å². The Hall–Kier alpha value is -3.56. The van der Waals surface area contributed by atoms with Crippen LogP contribution >= 0.6 is 0 Å². The number of guanidine groups is 1. The SMILES string of the molecule is CC[C@]1(C)CC(=O)N([C@H](CCOC)[C@@H]2C[C@H]2C(=O)NC2CC(C)(C)Oc3ccc(C(F)(F)F)cc32)C(N)=N1.O=C(O)C(F)(F)F. The molecule has 2 amide bonds. The highest BCUT2D eigenvalue weighted by Crippen LogP contribution is 2.47. The van der Waals surface area contributed by atoms with Crippen molar-refractivity contribution in [1.29, 1.82) is 0 Å². The fourth-order valence-corrected chi connectivity index (χ4v) is 5.62. The first kappa shape index (κ1) is 35.9. The highest BCUT2D eigenvalue weighted by Gasteiger charge is 2.53. The first-order valence-electron chi connectivity index (χ1n) is 14.3. The molecule has 0 saturated heterocycles. The minimum atomic E-state index is -5.08. The molecular formula is C29H38F6N4O6. The Bertz CT molecular complexity index is 1320. The third-order valence-electron chi connectivity index (χ3n) is 8.17. The Balaban J connectivity index is 0.000000707. The molecule has 45 heavy (non-hydrogen) atoms. The van der Waals surface area contributed by atoms with Gasteiger partial charge in [0.2, 0.25) is 11.8 Å². The lowest BCUT2D eigenvalue weighted by molar-refractivity contribution is -0.192. The number of nitrogens with one attached hydrogen (secondary N) is 1. The maximum Gasteiger partial charge on any atom is 0.490 e. The molecule has 16 heteroatoms. The number of carboxylic acid groups (broad SMARTS) is 1. The molecule has 1 fully saturated rings. The summed E-state index contributed by atoms with van der Waals surface area (Å²) in [5, 5.41) is 10.1.